The van der Waals surface area contributed by atoms with E-state index in [4.69, 9.17) is 16.3 Å². The minimum absolute atomic E-state index is 0.0222. The summed E-state index contributed by atoms with van der Waals surface area (Å²) in [6, 6.07) is 7.62. The summed E-state index contributed by atoms with van der Waals surface area (Å²) < 4.78 is 5.62. The quantitative estimate of drug-likeness (QED) is 0.820. The van der Waals surface area contributed by atoms with Crippen LogP contribution in [0.1, 0.15) is 19.4 Å². The zero-order valence-corrected chi connectivity index (χ0v) is 15.2. The highest BCUT2D eigenvalue weighted by Crippen LogP contribution is 2.22. The van der Waals surface area contributed by atoms with Crippen LogP contribution in [-0.2, 0) is 4.79 Å². The average Bonchev–Trinajstić information content (AvgIpc) is 2.54. The zero-order valence-electron chi connectivity index (χ0n) is 14.5. The van der Waals surface area contributed by atoms with Crippen molar-refractivity contribution in [1.82, 2.24) is 9.80 Å². The first kappa shape index (κ1) is 18.6. The number of ether oxygens (including phenoxy) is 1. The Morgan fingerprint density at radius 1 is 1.33 bits per heavy atom. The number of nitrogens with zero attached hydrogens (tertiary/aromatic N) is 3. The smallest absolute Gasteiger partial charge is 0.260 e. The molecule has 1 fully saturated rings. The van der Waals surface area contributed by atoms with Crippen molar-refractivity contribution in [2.45, 2.75) is 26.8 Å². The number of aryl methyl sites for hydroxylation is 1. The first-order valence-electron chi connectivity index (χ1n) is 8.22. The van der Waals surface area contributed by atoms with Crippen molar-refractivity contribution in [1.29, 1.82) is 5.26 Å². The number of carbonyl (C=O) groups is 1. The second kappa shape index (κ2) is 8.36. The minimum atomic E-state index is -0.0878. The topological polar surface area (TPSA) is 56.6 Å². The first-order chi connectivity index (χ1) is 11.4. The number of halogens is 1. The maximum Gasteiger partial charge on any atom is 0.260 e. The summed E-state index contributed by atoms with van der Waals surface area (Å²) in [7, 11) is 0. The lowest BCUT2D eigenvalue weighted by molar-refractivity contribution is -0.135. The highest BCUT2D eigenvalue weighted by Gasteiger charge is 2.27. The molecule has 1 heterocycles. The second-order valence-electron chi connectivity index (χ2n) is 6.43. The molecule has 0 aromatic heterocycles. The molecule has 0 radical (unpaired) electrons. The SMILES string of the molecule is Cc1cc(Cl)ccc1OCC(=O)N1CCN(C(C#N)C(C)C)CC1. The van der Waals surface area contributed by atoms with Crippen LogP contribution in [0.15, 0.2) is 18.2 Å². The monoisotopic (exact) mass is 349 g/mol. The molecule has 1 saturated heterocycles. The van der Waals surface area contributed by atoms with Crippen molar-refractivity contribution in [2.24, 2.45) is 5.92 Å². The van der Waals surface area contributed by atoms with Gasteiger partial charge in [-0.2, -0.15) is 5.26 Å². The van der Waals surface area contributed by atoms with E-state index in [1.807, 2.05) is 26.8 Å². The predicted molar refractivity (Wildman–Crippen MR) is 94.1 cm³/mol. The third-order valence-electron chi connectivity index (χ3n) is 4.31. The Kier molecular flexibility index (Phi) is 6.47. The van der Waals surface area contributed by atoms with Gasteiger partial charge in [0.1, 0.15) is 11.8 Å². The van der Waals surface area contributed by atoms with E-state index in [-0.39, 0.29) is 24.5 Å². The van der Waals surface area contributed by atoms with Crippen LogP contribution in [0.2, 0.25) is 5.02 Å². The molecule has 6 heteroatoms. The number of nitriles is 1. The van der Waals surface area contributed by atoms with E-state index >= 15 is 0 Å². The Morgan fingerprint density at radius 2 is 2.00 bits per heavy atom. The van der Waals surface area contributed by atoms with E-state index in [0.29, 0.717) is 23.9 Å². The minimum Gasteiger partial charge on any atom is -0.483 e. The summed E-state index contributed by atoms with van der Waals surface area (Å²) >= 11 is 5.92. The fraction of sp³-hybridized carbons (Fsp3) is 0.556. The van der Waals surface area contributed by atoms with Crippen LogP contribution in [0, 0.1) is 24.2 Å². The van der Waals surface area contributed by atoms with Gasteiger partial charge in [-0.3, -0.25) is 9.69 Å². The van der Waals surface area contributed by atoms with Gasteiger partial charge in [-0.05, 0) is 36.6 Å². The number of amides is 1. The Morgan fingerprint density at radius 3 is 2.54 bits per heavy atom. The molecular formula is C18H24ClN3O2. The van der Waals surface area contributed by atoms with E-state index in [2.05, 4.69) is 11.0 Å². The molecule has 1 aromatic rings. The van der Waals surface area contributed by atoms with Gasteiger partial charge in [-0.1, -0.05) is 25.4 Å². The summed E-state index contributed by atoms with van der Waals surface area (Å²) in [5, 5.41) is 9.93. The number of piperazine rings is 1. The van der Waals surface area contributed by atoms with Crippen LogP contribution >= 0.6 is 11.6 Å². The fourth-order valence-electron chi connectivity index (χ4n) is 2.91. The highest BCUT2D eigenvalue weighted by molar-refractivity contribution is 6.30. The largest absolute Gasteiger partial charge is 0.483 e. The van der Waals surface area contributed by atoms with E-state index < -0.39 is 0 Å². The molecule has 0 bridgehead atoms. The maximum absolute atomic E-state index is 12.3. The summed E-state index contributed by atoms with van der Waals surface area (Å²) in [5.41, 5.74) is 0.911. The van der Waals surface area contributed by atoms with E-state index in [9.17, 15) is 10.1 Å². The fourth-order valence-corrected chi connectivity index (χ4v) is 3.13. The Labute approximate surface area is 148 Å². The Hall–Kier alpha value is -1.77. The molecule has 0 spiro atoms. The molecule has 1 atom stereocenters. The van der Waals surface area contributed by atoms with Crippen LogP contribution in [0.3, 0.4) is 0 Å². The van der Waals surface area contributed by atoms with Crippen molar-refractivity contribution in [3.05, 3.63) is 28.8 Å². The van der Waals surface area contributed by atoms with Gasteiger partial charge in [0.25, 0.3) is 5.91 Å². The summed E-state index contributed by atoms with van der Waals surface area (Å²) in [4.78, 5) is 16.3. The molecular weight excluding hydrogens is 326 g/mol. The summed E-state index contributed by atoms with van der Waals surface area (Å²) in [6.45, 7) is 8.73. The number of hydrogen-bond acceptors (Lipinski definition) is 4. The second-order valence-corrected chi connectivity index (χ2v) is 6.87. The Bertz CT molecular complexity index is 619. The van der Waals surface area contributed by atoms with Gasteiger partial charge in [0.05, 0.1) is 6.07 Å². The van der Waals surface area contributed by atoms with E-state index in [0.717, 1.165) is 18.7 Å². The Balaban J connectivity index is 1.84. The lowest BCUT2D eigenvalue weighted by atomic mass is 10.0. The number of carbonyl (C=O) groups excluding carboxylic acids is 1. The molecule has 130 valence electrons. The molecule has 1 amide bonds. The molecule has 1 unspecified atom stereocenters. The van der Waals surface area contributed by atoms with Crippen molar-refractivity contribution in [2.75, 3.05) is 32.8 Å². The molecule has 1 aliphatic heterocycles. The highest BCUT2D eigenvalue weighted by atomic mass is 35.5. The lowest BCUT2D eigenvalue weighted by Gasteiger charge is -2.38. The molecule has 1 aromatic carbocycles. The van der Waals surface area contributed by atoms with E-state index in [1.54, 1.807) is 17.0 Å². The zero-order chi connectivity index (χ0) is 17.7. The molecule has 0 N–H and O–H groups in total. The third-order valence-corrected chi connectivity index (χ3v) is 4.55. The third kappa shape index (κ3) is 4.62. The summed E-state index contributed by atoms with van der Waals surface area (Å²) in [5.74, 6) is 0.936. The standard InChI is InChI=1S/C18H24ClN3O2/c1-13(2)16(11-20)21-6-8-22(9-7-21)18(23)12-24-17-5-4-15(19)10-14(17)3/h4-5,10,13,16H,6-9,12H2,1-3H3. The lowest BCUT2D eigenvalue weighted by Crippen LogP contribution is -2.53. The van der Waals surface area contributed by atoms with Crippen LogP contribution in [-0.4, -0.2) is 54.5 Å². The van der Waals surface area contributed by atoms with Crippen molar-refractivity contribution in [3.8, 4) is 11.8 Å². The number of rotatable bonds is 5. The normalized spacial score (nSPS) is 16.8. The number of hydrogen-bond donors (Lipinski definition) is 0. The van der Waals surface area contributed by atoms with Gasteiger partial charge in [0, 0.05) is 31.2 Å². The van der Waals surface area contributed by atoms with Gasteiger partial charge in [0.15, 0.2) is 6.61 Å². The molecule has 0 aliphatic carbocycles. The molecule has 2 rings (SSSR count). The van der Waals surface area contributed by atoms with Crippen LogP contribution in [0.4, 0.5) is 0 Å². The van der Waals surface area contributed by atoms with Gasteiger partial charge in [0.2, 0.25) is 0 Å². The summed E-state index contributed by atoms with van der Waals surface area (Å²) in [6.07, 6.45) is 0. The molecule has 24 heavy (non-hydrogen) atoms. The first-order valence-corrected chi connectivity index (χ1v) is 8.60. The molecule has 5 nitrogen and oxygen atoms in total. The van der Waals surface area contributed by atoms with Crippen LogP contribution in [0.25, 0.3) is 0 Å². The number of benzene rings is 1. The van der Waals surface area contributed by atoms with Crippen molar-refractivity contribution >= 4 is 17.5 Å². The van der Waals surface area contributed by atoms with Crippen LogP contribution in [0.5, 0.6) is 5.75 Å². The average molecular weight is 350 g/mol. The van der Waals surface area contributed by atoms with Gasteiger partial charge < -0.3 is 9.64 Å². The van der Waals surface area contributed by atoms with Crippen molar-refractivity contribution in [3.63, 3.8) is 0 Å². The predicted octanol–water partition coefficient (Wildman–Crippen LogP) is 2.72. The van der Waals surface area contributed by atoms with Gasteiger partial charge in [-0.25, -0.2) is 0 Å². The van der Waals surface area contributed by atoms with Gasteiger partial charge in [-0.15, -0.1) is 0 Å². The van der Waals surface area contributed by atoms with Crippen molar-refractivity contribution < 1.29 is 9.53 Å². The van der Waals surface area contributed by atoms with E-state index in [1.165, 1.54) is 0 Å². The molecule has 0 saturated carbocycles. The maximum atomic E-state index is 12.3. The molecule has 1 aliphatic rings. The van der Waals surface area contributed by atoms with Gasteiger partial charge >= 0.3 is 0 Å². The van der Waals surface area contributed by atoms with Crippen LogP contribution < -0.4 is 4.74 Å².